The number of anilines is 1. The largest absolute Gasteiger partial charge is 0.444 e. The SMILES string of the molecule is C[C@@H](NC(=O)OC(C)(C)C)C(=O)Nc1cccc(Cn2cccn2)c1. The van der Waals surface area contributed by atoms with Crippen molar-refractivity contribution in [2.24, 2.45) is 0 Å². The number of carbonyl (C=O) groups is 2. The van der Waals surface area contributed by atoms with Crippen LogP contribution in [0.3, 0.4) is 0 Å². The van der Waals surface area contributed by atoms with E-state index < -0.39 is 17.7 Å². The second kappa shape index (κ2) is 7.83. The van der Waals surface area contributed by atoms with Crippen LogP contribution in [-0.2, 0) is 16.1 Å². The van der Waals surface area contributed by atoms with Crippen LogP contribution in [-0.4, -0.2) is 33.4 Å². The molecule has 2 N–H and O–H groups in total. The van der Waals surface area contributed by atoms with Crippen molar-refractivity contribution in [3.63, 3.8) is 0 Å². The predicted molar refractivity (Wildman–Crippen MR) is 95.2 cm³/mol. The van der Waals surface area contributed by atoms with Crippen LogP contribution in [0.1, 0.15) is 33.3 Å². The quantitative estimate of drug-likeness (QED) is 0.873. The van der Waals surface area contributed by atoms with Crippen molar-refractivity contribution in [1.29, 1.82) is 0 Å². The van der Waals surface area contributed by atoms with Gasteiger partial charge in [0.1, 0.15) is 11.6 Å². The molecule has 0 saturated carbocycles. The van der Waals surface area contributed by atoms with Crippen LogP contribution in [0.15, 0.2) is 42.7 Å². The Balaban J connectivity index is 1.92. The van der Waals surface area contributed by atoms with Crippen molar-refractivity contribution in [2.45, 2.75) is 45.9 Å². The first-order valence-corrected chi connectivity index (χ1v) is 8.10. The van der Waals surface area contributed by atoms with Gasteiger partial charge in [-0.05, 0) is 51.5 Å². The van der Waals surface area contributed by atoms with Crippen LogP contribution in [0.25, 0.3) is 0 Å². The summed E-state index contributed by atoms with van der Waals surface area (Å²) >= 11 is 0. The van der Waals surface area contributed by atoms with Crippen LogP contribution in [0.4, 0.5) is 10.5 Å². The second-order valence-corrected chi connectivity index (χ2v) is 6.76. The van der Waals surface area contributed by atoms with E-state index in [1.165, 1.54) is 0 Å². The third-order valence-electron chi connectivity index (χ3n) is 3.22. The fourth-order valence-electron chi connectivity index (χ4n) is 2.13. The lowest BCUT2D eigenvalue weighted by Gasteiger charge is -2.21. The lowest BCUT2D eigenvalue weighted by molar-refractivity contribution is -0.117. The van der Waals surface area contributed by atoms with Gasteiger partial charge in [-0.25, -0.2) is 4.79 Å². The predicted octanol–water partition coefficient (Wildman–Crippen LogP) is 2.78. The minimum Gasteiger partial charge on any atom is -0.444 e. The Hall–Kier alpha value is -2.83. The molecule has 0 aliphatic carbocycles. The number of carbonyl (C=O) groups excluding carboxylic acids is 2. The lowest BCUT2D eigenvalue weighted by atomic mass is 10.2. The highest BCUT2D eigenvalue weighted by atomic mass is 16.6. The maximum atomic E-state index is 12.2. The van der Waals surface area contributed by atoms with Gasteiger partial charge in [-0.15, -0.1) is 0 Å². The van der Waals surface area contributed by atoms with E-state index in [-0.39, 0.29) is 5.91 Å². The zero-order valence-corrected chi connectivity index (χ0v) is 14.9. The molecular weight excluding hydrogens is 320 g/mol. The molecule has 7 heteroatoms. The van der Waals surface area contributed by atoms with Crippen molar-refractivity contribution in [3.05, 3.63) is 48.3 Å². The van der Waals surface area contributed by atoms with Gasteiger partial charge >= 0.3 is 6.09 Å². The summed E-state index contributed by atoms with van der Waals surface area (Å²) in [5, 5.41) is 9.47. The van der Waals surface area contributed by atoms with E-state index in [0.717, 1.165) is 5.56 Å². The van der Waals surface area contributed by atoms with Crippen LogP contribution in [0, 0.1) is 0 Å². The van der Waals surface area contributed by atoms with Crippen molar-refractivity contribution in [1.82, 2.24) is 15.1 Å². The van der Waals surface area contributed by atoms with Gasteiger partial charge in [0, 0.05) is 18.1 Å². The Bertz CT molecular complexity index is 720. The zero-order chi connectivity index (χ0) is 18.4. The average Bonchev–Trinajstić information content (AvgIpc) is 2.98. The number of ether oxygens (including phenoxy) is 1. The zero-order valence-electron chi connectivity index (χ0n) is 14.9. The Morgan fingerprint density at radius 1 is 1.28 bits per heavy atom. The third kappa shape index (κ3) is 6.29. The van der Waals surface area contributed by atoms with Gasteiger partial charge in [-0.2, -0.15) is 5.10 Å². The van der Waals surface area contributed by atoms with E-state index in [9.17, 15) is 9.59 Å². The number of rotatable bonds is 5. The molecule has 1 atom stereocenters. The number of alkyl carbamates (subject to hydrolysis) is 1. The molecule has 0 unspecified atom stereocenters. The summed E-state index contributed by atoms with van der Waals surface area (Å²) in [7, 11) is 0. The van der Waals surface area contributed by atoms with Crippen molar-refractivity contribution < 1.29 is 14.3 Å². The van der Waals surface area contributed by atoms with Gasteiger partial charge in [0.25, 0.3) is 0 Å². The minimum atomic E-state index is -0.718. The van der Waals surface area contributed by atoms with Crippen LogP contribution >= 0.6 is 0 Å². The van der Waals surface area contributed by atoms with Gasteiger partial charge in [0.2, 0.25) is 5.91 Å². The molecule has 7 nitrogen and oxygen atoms in total. The fourth-order valence-corrected chi connectivity index (χ4v) is 2.13. The summed E-state index contributed by atoms with van der Waals surface area (Å²) in [6.45, 7) is 7.52. The van der Waals surface area contributed by atoms with E-state index in [4.69, 9.17) is 4.74 Å². The Morgan fingerprint density at radius 3 is 2.68 bits per heavy atom. The molecule has 1 aromatic heterocycles. The number of benzene rings is 1. The third-order valence-corrected chi connectivity index (χ3v) is 3.22. The summed E-state index contributed by atoms with van der Waals surface area (Å²) in [5.41, 5.74) is 1.06. The van der Waals surface area contributed by atoms with Crippen LogP contribution < -0.4 is 10.6 Å². The molecule has 2 aromatic rings. The molecule has 2 rings (SSSR count). The number of nitrogens with zero attached hydrogens (tertiary/aromatic N) is 2. The second-order valence-electron chi connectivity index (χ2n) is 6.76. The topological polar surface area (TPSA) is 85.2 Å². The van der Waals surface area contributed by atoms with Crippen LogP contribution in [0.5, 0.6) is 0 Å². The van der Waals surface area contributed by atoms with E-state index in [0.29, 0.717) is 12.2 Å². The summed E-state index contributed by atoms with van der Waals surface area (Å²) in [6.07, 6.45) is 2.97. The maximum Gasteiger partial charge on any atom is 0.408 e. The number of amides is 2. The number of nitrogens with one attached hydrogen (secondary N) is 2. The van der Waals surface area contributed by atoms with Crippen LogP contribution in [0.2, 0.25) is 0 Å². The van der Waals surface area contributed by atoms with Gasteiger partial charge < -0.3 is 15.4 Å². The van der Waals surface area contributed by atoms with Gasteiger partial charge in [-0.3, -0.25) is 9.48 Å². The molecule has 2 amide bonds. The molecule has 0 aliphatic heterocycles. The first kappa shape index (κ1) is 18.5. The summed E-state index contributed by atoms with van der Waals surface area (Å²) in [6, 6.07) is 8.63. The Labute approximate surface area is 147 Å². The van der Waals surface area contributed by atoms with Gasteiger partial charge in [0.15, 0.2) is 0 Å². The number of aromatic nitrogens is 2. The van der Waals surface area contributed by atoms with Gasteiger partial charge in [-0.1, -0.05) is 12.1 Å². The Morgan fingerprint density at radius 2 is 2.04 bits per heavy atom. The van der Waals surface area contributed by atoms with Crippen molar-refractivity contribution >= 4 is 17.7 Å². The molecule has 0 saturated heterocycles. The smallest absolute Gasteiger partial charge is 0.408 e. The molecule has 134 valence electrons. The van der Waals surface area contributed by atoms with E-state index in [1.807, 2.05) is 30.5 Å². The Kier molecular flexibility index (Phi) is 5.80. The normalized spacial score (nSPS) is 12.3. The standard InChI is InChI=1S/C18H24N4O3/c1-13(20-17(24)25-18(2,3)4)16(23)21-15-8-5-7-14(11-15)12-22-10-6-9-19-22/h5-11,13H,12H2,1-4H3,(H,20,24)(H,21,23)/t13-/m1/s1. The summed E-state index contributed by atoms with van der Waals surface area (Å²) in [5.74, 6) is -0.318. The first-order chi connectivity index (χ1) is 11.7. The minimum absolute atomic E-state index is 0.318. The van der Waals surface area contributed by atoms with E-state index in [1.54, 1.807) is 44.6 Å². The van der Waals surface area contributed by atoms with Crippen molar-refractivity contribution in [2.75, 3.05) is 5.32 Å². The maximum absolute atomic E-state index is 12.2. The molecule has 25 heavy (non-hydrogen) atoms. The fraction of sp³-hybridized carbons (Fsp3) is 0.389. The average molecular weight is 344 g/mol. The molecule has 0 aliphatic rings. The van der Waals surface area contributed by atoms with Gasteiger partial charge in [0.05, 0.1) is 6.54 Å². The lowest BCUT2D eigenvalue weighted by Crippen LogP contribution is -2.43. The number of hydrogen-bond acceptors (Lipinski definition) is 4. The molecule has 1 heterocycles. The molecule has 0 fully saturated rings. The highest BCUT2D eigenvalue weighted by Gasteiger charge is 2.21. The van der Waals surface area contributed by atoms with E-state index >= 15 is 0 Å². The summed E-state index contributed by atoms with van der Waals surface area (Å²) in [4.78, 5) is 24.0. The highest BCUT2D eigenvalue weighted by molar-refractivity contribution is 5.96. The molecule has 0 radical (unpaired) electrons. The monoisotopic (exact) mass is 344 g/mol. The summed E-state index contributed by atoms with van der Waals surface area (Å²) < 4.78 is 6.95. The highest BCUT2D eigenvalue weighted by Crippen LogP contribution is 2.12. The first-order valence-electron chi connectivity index (χ1n) is 8.10. The molecule has 1 aromatic carbocycles. The molecular formula is C18H24N4O3. The molecule has 0 bridgehead atoms. The van der Waals surface area contributed by atoms with Crippen molar-refractivity contribution in [3.8, 4) is 0 Å². The number of hydrogen-bond donors (Lipinski definition) is 2. The molecule has 0 spiro atoms. The van der Waals surface area contributed by atoms with E-state index in [2.05, 4.69) is 15.7 Å².